The van der Waals surface area contributed by atoms with Crippen molar-refractivity contribution < 1.29 is 9.90 Å². The molecule has 4 N–H and O–H groups in total. The fraction of sp³-hybridized carbons (Fsp3) is 0.278. The highest BCUT2D eigenvalue weighted by molar-refractivity contribution is 7.20. The van der Waals surface area contributed by atoms with E-state index in [1.54, 1.807) is 0 Å². The van der Waals surface area contributed by atoms with E-state index in [1.807, 2.05) is 32.0 Å². The molecule has 1 aromatic carbocycles. The summed E-state index contributed by atoms with van der Waals surface area (Å²) in [6.45, 7) is 4.55. The number of anilines is 1. The Balaban J connectivity index is 2.06. The largest absolute Gasteiger partial charge is 0.396 e. The quantitative estimate of drug-likeness (QED) is 0.610. The third kappa shape index (κ3) is 3.62. The maximum Gasteiger partial charge on any atom is 0.261 e. The predicted octanol–water partition coefficient (Wildman–Crippen LogP) is 2.67. The van der Waals surface area contributed by atoms with Crippen LogP contribution in [0.2, 0.25) is 0 Å². The first-order chi connectivity index (χ1) is 12.0. The normalized spacial score (nSPS) is 11.0. The number of hydrogen-bond donors (Lipinski definition) is 3. The minimum Gasteiger partial charge on any atom is -0.396 e. The molecular formula is C18H20N4O2S. The van der Waals surface area contributed by atoms with Gasteiger partial charge in [-0.15, -0.1) is 11.3 Å². The Morgan fingerprint density at radius 1 is 1.28 bits per heavy atom. The zero-order valence-electron chi connectivity index (χ0n) is 14.2. The number of fused-ring (bicyclic) bond motifs is 1. The topological polar surface area (TPSA) is 101 Å². The molecule has 0 aliphatic carbocycles. The third-order valence-corrected chi connectivity index (χ3v) is 4.92. The van der Waals surface area contributed by atoms with Gasteiger partial charge in [0.2, 0.25) is 5.95 Å². The number of rotatable bonds is 5. The maximum atomic E-state index is 12.3. The molecule has 1 amide bonds. The van der Waals surface area contributed by atoms with E-state index in [4.69, 9.17) is 10.8 Å². The van der Waals surface area contributed by atoms with E-state index in [1.165, 1.54) is 16.9 Å². The molecule has 0 radical (unpaired) electrons. The molecule has 0 spiro atoms. The van der Waals surface area contributed by atoms with Crippen molar-refractivity contribution in [2.45, 2.75) is 20.3 Å². The second-order valence-electron chi connectivity index (χ2n) is 5.91. The van der Waals surface area contributed by atoms with Crippen molar-refractivity contribution >= 4 is 33.4 Å². The summed E-state index contributed by atoms with van der Waals surface area (Å²) in [7, 11) is 0. The molecule has 0 aliphatic rings. The molecule has 2 heterocycles. The SMILES string of the molecule is Cc1ccc(-c2nc(N)nc3sc(C(=O)NCCCO)cc23)c(C)c1. The molecule has 0 fully saturated rings. The first-order valence-electron chi connectivity index (χ1n) is 8.03. The summed E-state index contributed by atoms with van der Waals surface area (Å²) in [6, 6.07) is 7.95. The molecule has 2 aromatic heterocycles. The molecule has 0 saturated carbocycles. The summed E-state index contributed by atoms with van der Waals surface area (Å²) in [4.78, 5) is 22.2. The monoisotopic (exact) mass is 356 g/mol. The number of carbonyl (C=O) groups excluding carboxylic acids is 1. The zero-order chi connectivity index (χ0) is 18.0. The van der Waals surface area contributed by atoms with Crippen LogP contribution in [0.1, 0.15) is 27.2 Å². The van der Waals surface area contributed by atoms with Crippen LogP contribution in [-0.2, 0) is 0 Å². The van der Waals surface area contributed by atoms with Crippen LogP contribution in [0.5, 0.6) is 0 Å². The molecule has 0 saturated heterocycles. The molecule has 25 heavy (non-hydrogen) atoms. The second kappa shape index (κ2) is 7.16. The van der Waals surface area contributed by atoms with Crippen molar-refractivity contribution in [1.82, 2.24) is 15.3 Å². The number of nitrogen functional groups attached to an aromatic ring is 1. The van der Waals surface area contributed by atoms with Crippen LogP contribution in [0.15, 0.2) is 24.3 Å². The number of aliphatic hydroxyl groups is 1. The Kier molecular flexibility index (Phi) is 4.96. The van der Waals surface area contributed by atoms with Crippen molar-refractivity contribution in [3.05, 3.63) is 40.3 Å². The average molecular weight is 356 g/mol. The lowest BCUT2D eigenvalue weighted by molar-refractivity contribution is 0.0955. The number of amides is 1. The lowest BCUT2D eigenvalue weighted by Gasteiger charge is -2.08. The van der Waals surface area contributed by atoms with Crippen LogP contribution in [0.25, 0.3) is 21.5 Å². The van der Waals surface area contributed by atoms with Crippen molar-refractivity contribution in [1.29, 1.82) is 0 Å². The van der Waals surface area contributed by atoms with E-state index in [0.29, 0.717) is 22.7 Å². The van der Waals surface area contributed by atoms with E-state index in [2.05, 4.69) is 21.4 Å². The minimum atomic E-state index is -0.179. The molecule has 3 rings (SSSR count). The standard InChI is InChI=1S/C18H20N4O2S/c1-10-4-5-12(11(2)8-10)15-13-9-14(16(24)20-6-3-7-23)25-17(13)22-18(19)21-15/h4-5,8-9,23H,3,6-7H2,1-2H3,(H,20,24)(H2,19,21,22). The summed E-state index contributed by atoms with van der Waals surface area (Å²) in [5.41, 5.74) is 9.88. The summed E-state index contributed by atoms with van der Waals surface area (Å²) in [6.07, 6.45) is 0.525. The highest BCUT2D eigenvalue weighted by Gasteiger charge is 2.17. The van der Waals surface area contributed by atoms with Gasteiger partial charge in [-0.05, 0) is 31.9 Å². The van der Waals surface area contributed by atoms with Crippen LogP contribution < -0.4 is 11.1 Å². The Labute approximate surface area is 149 Å². The number of thiophene rings is 1. The minimum absolute atomic E-state index is 0.0472. The lowest BCUT2D eigenvalue weighted by atomic mass is 10.0. The average Bonchev–Trinajstić information content (AvgIpc) is 2.98. The summed E-state index contributed by atoms with van der Waals surface area (Å²) >= 11 is 1.29. The number of nitrogens with two attached hydrogens (primary N) is 1. The maximum absolute atomic E-state index is 12.3. The lowest BCUT2D eigenvalue weighted by Crippen LogP contribution is -2.24. The van der Waals surface area contributed by atoms with Crippen LogP contribution in [-0.4, -0.2) is 34.1 Å². The Morgan fingerprint density at radius 3 is 2.80 bits per heavy atom. The molecule has 3 aromatic rings. The van der Waals surface area contributed by atoms with Gasteiger partial charge in [-0.1, -0.05) is 23.8 Å². The fourth-order valence-corrected chi connectivity index (χ4v) is 3.66. The highest BCUT2D eigenvalue weighted by Crippen LogP contribution is 2.34. The molecule has 0 bridgehead atoms. The summed E-state index contributed by atoms with van der Waals surface area (Å²) in [5, 5.41) is 12.4. The van der Waals surface area contributed by atoms with Crippen molar-refractivity contribution in [3.8, 4) is 11.3 Å². The van der Waals surface area contributed by atoms with E-state index in [9.17, 15) is 4.79 Å². The number of aliphatic hydroxyl groups excluding tert-OH is 1. The van der Waals surface area contributed by atoms with Crippen molar-refractivity contribution in [2.24, 2.45) is 0 Å². The van der Waals surface area contributed by atoms with E-state index >= 15 is 0 Å². The first kappa shape index (κ1) is 17.3. The number of hydrogen-bond acceptors (Lipinski definition) is 6. The van der Waals surface area contributed by atoms with Gasteiger partial charge >= 0.3 is 0 Å². The predicted molar refractivity (Wildman–Crippen MR) is 101 cm³/mol. The van der Waals surface area contributed by atoms with E-state index < -0.39 is 0 Å². The highest BCUT2D eigenvalue weighted by atomic mass is 32.1. The number of aryl methyl sites for hydroxylation is 2. The number of aromatic nitrogens is 2. The Bertz CT molecular complexity index is 936. The van der Waals surface area contributed by atoms with Gasteiger partial charge in [0.1, 0.15) is 4.83 Å². The van der Waals surface area contributed by atoms with Gasteiger partial charge in [-0.25, -0.2) is 9.97 Å². The summed E-state index contributed by atoms with van der Waals surface area (Å²) in [5.74, 6) is 0.0122. The van der Waals surface area contributed by atoms with E-state index in [0.717, 1.165) is 22.2 Å². The first-order valence-corrected chi connectivity index (χ1v) is 8.85. The zero-order valence-corrected chi connectivity index (χ0v) is 15.0. The number of nitrogens with one attached hydrogen (secondary N) is 1. The number of carbonyl (C=O) groups is 1. The molecule has 0 atom stereocenters. The Morgan fingerprint density at radius 2 is 2.08 bits per heavy atom. The second-order valence-corrected chi connectivity index (χ2v) is 6.94. The van der Waals surface area contributed by atoms with Gasteiger partial charge in [0.25, 0.3) is 5.91 Å². The van der Waals surface area contributed by atoms with Gasteiger partial charge in [-0.3, -0.25) is 4.79 Å². The van der Waals surface area contributed by atoms with Crippen LogP contribution in [0.3, 0.4) is 0 Å². The van der Waals surface area contributed by atoms with Gasteiger partial charge in [0.15, 0.2) is 0 Å². The molecule has 6 nitrogen and oxygen atoms in total. The number of nitrogens with zero attached hydrogens (tertiary/aromatic N) is 2. The third-order valence-electron chi connectivity index (χ3n) is 3.89. The smallest absolute Gasteiger partial charge is 0.261 e. The molecule has 0 aliphatic heterocycles. The van der Waals surface area contributed by atoms with Crippen molar-refractivity contribution in [3.63, 3.8) is 0 Å². The number of benzene rings is 1. The molecular weight excluding hydrogens is 336 g/mol. The molecule has 0 unspecified atom stereocenters. The van der Waals surface area contributed by atoms with Gasteiger partial charge in [0.05, 0.1) is 10.6 Å². The summed E-state index contributed by atoms with van der Waals surface area (Å²) < 4.78 is 0. The fourth-order valence-electron chi connectivity index (χ4n) is 2.70. The van der Waals surface area contributed by atoms with Crippen molar-refractivity contribution in [2.75, 3.05) is 18.9 Å². The van der Waals surface area contributed by atoms with Gasteiger partial charge in [-0.2, -0.15) is 0 Å². The van der Waals surface area contributed by atoms with Crippen LogP contribution in [0, 0.1) is 13.8 Å². The molecule has 7 heteroatoms. The molecule has 130 valence electrons. The van der Waals surface area contributed by atoms with Gasteiger partial charge < -0.3 is 16.2 Å². The van der Waals surface area contributed by atoms with Gasteiger partial charge in [0, 0.05) is 24.1 Å². The van der Waals surface area contributed by atoms with Crippen LogP contribution in [0.4, 0.5) is 5.95 Å². The van der Waals surface area contributed by atoms with Crippen LogP contribution >= 0.6 is 11.3 Å². The Hall–Kier alpha value is -2.51. The van der Waals surface area contributed by atoms with E-state index in [-0.39, 0.29) is 18.5 Å².